The normalized spacial score (nSPS) is 11.8. The average Bonchev–Trinajstić information content (AvgIpc) is 3.31. The van der Waals surface area contributed by atoms with E-state index in [1.54, 1.807) is 50.2 Å². The number of benzene rings is 1. The van der Waals surface area contributed by atoms with Gasteiger partial charge < -0.3 is 14.1 Å². The number of ether oxygens (including phenoxy) is 1. The van der Waals surface area contributed by atoms with Gasteiger partial charge in [-0.1, -0.05) is 17.7 Å². The highest BCUT2D eigenvalue weighted by atomic mass is 32.2. The molecule has 0 saturated carbocycles. The minimum atomic E-state index is -3.80. The van der Waals surface area contributed by atoms with Crippen molar-refractivity contribution >= 4 is 16.0 Å². The molecule has 8 heteroatoms. The molecule has 7 nitrogen and oxygen atoms in total. The quantitative estimate of drug-likeness (QED) is 0.543. The molecule has 1 N–H and O–H groups in total. The van der Waals surface area contributed by atoms with Gasteiger partial charge in [0.05, 0.1) is 24.3 Å². The summed E-state index contributed by atoms with van der Waals surface area (Å²) in [6.45, 7) is 7.66. The van der Waals surface area contributed by atoms with Crippen molar-refractivity contribution in [3.63, 3.8) is 0 Å². The highest BCUT2D eigenvalue weighted by Gasteiger charge is 2.28. The molecule has 0 radical (unpaired) electrons. The fourth-order valence-corrected chi connectivity index (χ4v) is 4.65. The maximum absolute atomic E-state index is 13.4. The molecule has 0 unspecified atom stereocenters. The van der Waals surface area contributed by atoms with Gasteiger partial charge >= 0.3 is 5.97 Å². The number of aromatic nitrogens is 1. The standard InChI is InChI=1S/C22H26N2O5S/c1-5-28-22(25)21-16(3)20(17(4)23-21)14-24(13-18-7-6-12-29-18)30(26,27)19-10-8-15(2)9-11-19/h6-12,23H,5,13-14H2,1-4H3. The maximum Gasteiger partial charge on any atom is 0.355 e. The summed E-state index contributed by atoms with van der Waals surface area (Å²) in [5.74, 6) is 0.0745. The van der Waals surface area contributed by atoms with Crippen LogP contribution in [0.5, 0.6) is 0 Å². The van der Waals surface area contributed by atoms with Gasteiger partial charge in [-0.3, -0.25) is 0 Å². The summed E-state index contributed by atoms with van der Waals surface area (Å²) in [6, 6.07) is 10.2. The molecule has 2 aromatic heterocycles. The van der Waals surface area contributed by atoms with Gasteiger partial charge in [-0.15, -0.1) is 0 Å². The number of sulfonamides is 1. The van der Waals surface area contributed by atoms with Crippen LogP contribution in [0.4, 0.5) is 0 Å². The number of furan rings is 1. The van der Waals surface area contributed by atoms with Crippen LogP contribution in [0.3, 0.4) is 0 Å². The van der Waals surface area contributed by atoms with E-state index in [2.05, 4.69) is 4.98 Å². The van der Waals surface area contributed by atoms with Gasteiger partial charge in [0, 0.05) is 12.2 Å². The number of esters is 1. The zero-order chi connectivity index (χ0) is 21.9. The SMILES string of the molecule is CCOC(=O)c1[nH]c(C)c(CN(Cc2ccco2)S(=O)(=O)c2ccc(C)cc2)c1C. The van der Waals surface area contributed by atoms with Crippen molar-refractivity contribution in [2.75, 3.05) is 6.61 Å². The van der Waals surface area contributed by atoms with E-state index in [1.165, 1.54) is 10.6 Å². The van der Waals surface area contributed by atoms with Crippen LogP contribution in [0, 0.1) is 20.8 Å². The Bertz CT molecular complexity index is 1110. The number of carbonyl (C=O) groups excluding carboxylic acids is 1. The van der Waals surface area contributed by atoms with Gasteiger partial charge in [0.25, 0.3) is 0 Å². The van der Waals surface area contributed by atoms with Crippen molar-refractivity contribution in [3.8, 4) is 0 Å². The molecule has 1 aromatic carbocycles. The summed E-state index contributed by atoms with van der Waals surface area (Å²) in [6.07, 6.45) is 1.51. The second kappa shape index (κ2) is 8.89. The minimum absolute atomic E-state index is 0.0714. The van der Waals surface area contributed by atoms with Crippen molar-refractivity contribution in [2.45, 2.75) is 45.7 Å². The van der Waals surface area contributed by atoms with E-state index >= 15 is 0 Å². The van der Waals surface area contributed by atoms with Crippen LogP contribution in [0.25, 0.3) is 0 Å². The van der Waals surface area contributed by atoms with Crippen LogP contribution in [0.2, 0.25) is 0 Å². The van der Waals surface area contributed by atoms with Crippen LogP contribution < -0.4 is 0 Å². The molecular formula is C22H26N2O5S. The lowest BCUT2D eigenvalue weighted by molar-refractivity contribution is 0.0519. The highest BCUT2D eigenvalue weighted by molar-refractivity contribution is 7.89. The van der Waals surface area contributed by atoms with E-state index in [0.29, 0.717) is 17.0 Å². The van der Waals surface area contributed by atoms with Crippen molar-refractivity contribution in [1.82, 2.24) is 9.29 Å². The molecule has 0 amide bonds. The van der Waals surface area contributed by atoms with Crippen molar-refractivity contribution < 1.29 is 22.4 Å². The van der Waals surface area contributed by atoms with E-state index in [1.807, 2.05) is 13.8 Å². The van der Waals surface area contributed by atoms with Gasteiger partial charge in [0.1, 0.15) is 11.5 Å². The fourth-order valence-electron chi connectivity index (χ4n) is 3.27. The van der Waals surface area contributed by atoms with E-state index in [4.69, 9.17) is 9.15 Å². The number of carbonyl (C=O) groups is 1. The number of H-pyrrole nitrogens is 1. The monoisotopic (exact) mass is 430 g/mol. The lowest BCUT2D eigenvalue weighted by Crippen LogP contribution is -2.30. The Morgan fingerprint density at radius 1 is 1.10 bits per heavy atom. The molecule has 0 bridgehead atoms. The van der Waals surface area contributed by atoms with E-state index in [-0.39, 0.29) is 24.6 Å². The number of aromatic amines is 1. The van der Waals surface area contributed by atoms with Gasteiger partial charge in [0.15, 0.2) is 0 Å². The van der Waals surface area contributed by atoms with E-state index < -0.39 is 16.0 Å². The summed E-state index contributed by atoms with van der Waals surface area (Å²) < 4.78 is 38.7. The second-order valence-electron chi connectivity index (χ2n) is 7.11. The topological polar surface area (TPSA) is 92.6 Å². The van der Waals surface area contributed by atoms with Crippen LogP contribution >= 0.6 is 0 Å². The Morgan fingerprint density at radius 2 is 1.80 bits per heavy atom. The number of nitrogens with zero attached hydrogens (tertiary/aromatic N) is 1. The minimum Gasteiger partial charge on any atom is -0.468 e. The van der Waals surface area contributed by atoms with Gasteiger partial charge in [0.2, 0.25) is 10.0 Å². The lowest BCUT2D eigenvalue weighted by Gasteiger charge is -2.22. The van der Waals surface area contributed by atoms with Gasteiger partial charge in [-0.2, -0.15) is 4.31 Å². The summed E-state index contributed by atoms with van der Waals surface area (Å²) in [4.78, 5) is 15.5. The zero-order valence-corrected chi connectivity index (χ0v) is 18.4. The first-order valence-electron chi connectivity index (χ1n) is 9.68. The lowest BCUT2D eigenvalue weighted by atomic mass is 10.1. The molecular weight excluding hydrogens is 404 g/mol. The van der Waals surface area contributed by atoms with Crippen LogP contribution in [-0.2, 0) is 27.8 Å². The Kier molecular flexibility index (Phi) is 6.48. The predicted molar refractivity (Wildman–Crippen MR) is 113 cm³/mol. The molecule has 2 heterocycles. The molecule has 0 fully saturated rings. The van der Waals surface area contributed by atoms with Crippen molar-refractivity contribution in [3.05, 3.63) is 76.5 Å². The largest absolute Gasteiger partial charge is 0.468 e. The molecule has 3 aromatic rings. The smallest absolute Gasteiger partial charge is 0.355 e. The average molecular weight is 431 g/mol. The first kappa shape index (κ1) is 21.9. The van der Waals surface area contributed by atoms with Crippen LogP contribution in [0.1, 0.15) is 45.6 Å². The molecule has 0 aliphatic rings. The van der Waals surface area contributed by atoms with E-state index in [9.17, 15) is 13.2 Å². The Labute approximate surface area is 176 Å². The predicted octanol–water partition coefficient (Wildman–Crippen LogP) is 4.10. The van der Waals surface area contributed by atoms with Gasteiger partial charge in [-0.25, -0.2) is 13.2 Å². The molecule has 160 valence electrons. The Balaban J connectivity index is 2.00. The third kappa shape index (κ3) is 4.49. The van der Waals surface area contributed by atoms with Gasteiger partial charge in [-0.05, 0) is 63.1 Å². The zero-order valence-electron chi connectivity index (χ0n) is 17.6. The van der Waals surface area contributed by atoms with Crippen molar-refractivity contribution in [1.29, 1.82) is 0 Å². The maximum atomic E-state index is 13.4. The second-order valence-corrected chi connectivity index (χ2v) is 9.05. The first-order chi connectivity index (χ1) is 14.2. The first-order valence-corrected chi connectivity index (χ1v) is 11.1. The number of nitrogens with one attached hydrogen (secondary N) is 1. The fraction of sp³-hybridized carbons (Fsp3) is 0.318. The Hall–Kier alpha value is -2.84. The molecule has 3 rings (SSSR count). The van der Waals surface area contributed by atoms with Crippen LogP contribution in [-0.4, -0.2) is 30.3 Å². The molecule has 0 spiro atoms. The number of rotatable bonds is 8. The molecule has 0 atom stereocenters. The molecule has 30 heavy (non-hydrogen) atoms. The summed E-state index contributed by atoms with van der Waals surface area (Å²) >= 11 is 0. The molecule has 0 saturated heterocycles. The van der Waals surface area contributed by atoms with E-state index in [0.717, 1.165) is 16.8 Å². The summed E-state index contributed by atoms with van der Waals surface area (Å²) in [5, 5.41) is 0. The number of hydrogen-bond acceptors (Lipinski definition) is 5. The third-order valence-electron chi connectivity index (χ3n) is 4.98. The van der Waals surface area contributed by atoms with Crippen molar-refractivity contribution in [2.24, 2.45) is 0 Å². The Morgan fingerprint density at radius 3 is 2.40 bits per heavy atom. The number of hydrogen-bond donors (Lipinski definition) is 1. The third-order valence-corrected chi connectivity index (χ3v) is 6.78. The van der Waals surface area contributed by atoms with Crippen LogP contribution in [0.15, 0.2) is 52.0 Å². The molecule has 0 aliphatic heterocycles. The molecule has 0 aliphatic carbocycles. The number of aryl methyl sites for hydroxylation is 2. The highest BCUT2D eigenvalue weighted by Crippen LogP contribution is 2.26. The summed E-state index contributed by atoms with van der Waals surface area (Å²) in [5.41, 5.74) is 3.45. The summed E-state index contributed by atoms with van der Waals surface area (Å²) in [7, 11) is -3.80.